The average molecular weight is 308 g/mol. The number of Topliss-reactive ketones (excluding diaryl/α,β-unsaturated/α-hetero) is 1. The molecule has 0 amide bonds. The summed E-state index contributed by atoms with van der Waals surface area (Å²) < 4.78 is 38.2. The fourth-order valence-corrected chi connectivity index (χ4v) is 2.17. The summed E-state index contributed by atoms with van der Waals surface area (Å²) in [5.74, 6) is 0.311. The molecular formula is C16H15F3N2O. The molecule has 0 aliphatic carbocycles. The van der Waals surface area contributed by atoms with Crippen LogP contribution in [0.1, 0.15) is 28.4 Å². The fourth-order valence-electron chi connectivity index (χ4n) is 2.17. The lowest BCUT2D eigenvalue weighted by Gasteiger charge is -2.21. The molecule has 2 aromatic rings. The molecule has 0 aliphatic heterocycles. The Balaban J connectivity index is 2.26. The molecule has 0 N–H and O–H groups in total. The van der Waals surface area contributed by atoms with Crippen molar-refractivity contribution in [2.75, 3.05) is 11.9 Å². The molecule has 1 heterocycles. The van der Waals surface area contributed by atoms with Crippen LogP contribution in [0.4, 0.5) is 19.0 Å². The van der Waals surface area contributed by atoms with E-state index in [4.69, 9.17) is 0 Å². The largest absolute Gasteiger partial charge is 0.416 e. The van der Waals surface area contributed by atoms with Crippen molar-refractivity contribution < 1.29 is 18.0 Å². The van der Waals surface area contributed by atoms with E-state index in [1.54, 1.807) is 36.3 Å². The highest BCUT2D eigenvalue weighted by molar-refractivity contribution is 5.98. The number of carbonyl (C=O) groups is 1. The van der Waals surface area contributed by atoms with Crippen LogP contribution in [0.5, 0.6) is 0 Å². The highest BCUT2D eigenvalue weighted by Gasteiger charge is 2.30. The van der Waals surface area contributed by atoms with Crippen LogP contribution in [-0.4, -0.2) is 17.8 Å². The molecule has 1 aromatic carbocycles. The van der Waals surface area contributed by atoms with Crippen LogP contribution in [0.15, 0.2) is 42.6 Å². The predicted octanol–water partition coefficient (Wildman–Crippen LogP) is 3.94. The van der Waals surface area contributed by atoms with E-state index in [0.29, 0.717) is 16.9 Å². The minimum absolute atomic E-state index is 0.140. The van der Waals surface area contributed by atoms with Gasteiger partial charge in [-0.15, -0.1) is 0 Å². The van der Waals surface area contributed by atoms with E-state index in [-0.39, 0.29) is 12.3 Å². The van der Waals surface area contributed by atoms with Crippen molar-refractivity contribution in [1.82, 2.24) is 4.98 Å². The van der Waals surface area contributed by atoms with Gasteiger partial charge in [0.05, 0.1) is 11.1 Å². The summed E-state index contributed by atoms with van der Waals surface area (Å²) in [4.78, 5) is 17.4. The maximum absolute atomic E-state index is 12.7. The fraction of sp³-hybridized carbons (Fsp3) is 0.250. The van der Waals surface area contributed by atoms with Crippen molar-refractivity contribution in [1.29, 1.82) is 0 Å². The Morgan fingerprint density at radius 3 is 2.59 bits per heavy atom. The van der Waals surface area contributed by atoms with Crippen molar-refractivity contribution in [2.24, 2.45) is 0 Å². The number of alkyl halides is 3. The third kappa shape index (κ3) is 3.63. The van der Waals surface area contributed by atoms with Gasteiger partial charge in [-0.05, 0) is 36.8 Å². The maximum atomic E-state index is 12.7. The van der Waals surface area contributed by atoms with Gasteiger partial charge in [0.15, 0.2) is 5.78 Å². The van der Waals surface area contributed by atoms with Crippen molar-refractivity contribution in [3.8, 4) is 0 Å². The Hall–Kier alpha value is -2.37. The van der Waals surface area contributed by atoms with Crippen molar-refractivity contribution in [3.05, 3.63) is 59.3 Å². The summed E-state index contributed by atoms with van der Waals surface area (Å²) in [6.45, 7) is 1.65. The van der Waals surface area contributed by atoms with Crippen LogP contribution in [0, 0.1) is 0 Å². The monoisotopic (exact) mass is 308 g/mol. The van der Waals surface area contributed by atoms with Gasteiger partial charge in [-0.3, -0.25) is 4.79 Å². The lowest BCUT2D eigenvalue weighted by Crippen LogP contribution is -2.20. The van der Waals surface area contributed by atoms with E-state index in [9.17, 15) is 18.0 Å². The first kappa shape index (κ1) is 16.0. The Bertz CT molecular complexity index is 683. The minimum Gasteiger partial charge on any atom is -0.355 e. The first-order chi connectivity index (χ1) is 10.3. The topological polar surface area (TPSA) is 33.2 Å². The van der Waals surface area contributed by atoms with Crippen molar-refractivity contribution in [3.63, 3.8) is 0 Å². The van der Waals surface area contributed by atoms with Crippen LogP contribution < -0.4 is 4.90 Å². The number of carbonyl (C=O) groups excluding carboxylic acids is 1. The number of aromatic nitrogens is 1. The molecule has 0 aliphatic rings. The van der Waals surface area contributed by atoms with Gasteiger partial charge in [0.2, 0.25) is 0 Å². The molecule has 0 radical (unpaired) electrons. The third-order valence-corrected chi connectivity index (χ3v) is 3.20. The van der Waals surface area contributed by atoms with Gasteiger partial charge >= 0.3 is 6.18 Å². The highest BCUT2D eigenvalue weighted by atomic mass is 19.4. The molecule has 0 unspecified atom stereocenters. The summed E-state index contributed by atoms with van der Waals surface area (Å²) in [6.07, 6.45) is -2.82. The normalized spacial score (nSPS) is 11.3. The molecule has 0 saturated heterocycles. The number of benzene rings is 1. The van der Waals surface area contributed by atoms with E-state index in [1.165, 1.54) is 13.0 Å². The van der Waals surface area contributed by atoms with E-state index in [1.807, 2.05) is 0 Å². The molecule has 116 valence electrons. The van der Waals surface area contributed by atoms with Gasteiger partial charge in [-0.25, -0.2) is 4.98 Å². The van der Waals surface area contributed by atoms with Crippen molar-refractivity contribution in [2.45, 2.75) is 19.6 Å². The van der Waals surface area contributed by atoms with Gasteiger partial charge in [0.1, 0.15) is 5.82 Å². The van der Waals surface area contributed by atoms with Crippen LogP contribution in [0.25, 0.3) is 0 Å². The summed E-state index contributed by atoms with van der Waals surface area (Å²) in [5.41, 5.74) is 0.251. The Labute approximate surface area is 126 Å². The number of hydrogen-bond donors (Lipinski definition) is 0. The zero-order valence-corrected chi connectivity index (χ0v) is 12.2. The molecular weight excluding hydrogens is 293 g/mol. The zero-order valence-electron chi connectivity index (χ0n) is 12.2. The summed E-state index contributed by atoms with van der Waals surface area (Å²) in [7, 11) is 1.69. The van der Waals surface area contributed by atoms with Gasteiger partial charge < -0.3 is 4.90 Å². The first-order valence-electron chi connectivity index (χ1n) is 6.62. The number of rotatable bonds is 4. The number of ketones is 1. The summed E-state index contributed by atoms with van der Waals surface area (Å²) in [6, 6.07) is 8.42. The Morgan fingerprint density at radius 2 is 1.95 bits per heavy atom. The van der Waals surface area contributed by atoms with E-state index < -0.39 is 11.7 Å². The lowest BCUT2D eigenvalue weighted by molar-refractivity contribution is -0.137. The second-order valence-corrected chi connectivity index (χ2v) is 4.98. The Morgan fingerprint density at radius 1 is 1.23 bits per heavy atom. The molecule has 0 fully saturated rings. The van der Waals surface area contributed by atoms with Crippen LogP contribution in [0.3, 0.4) is 0 Å². The van der Waals surface area contributed by atoms with Crippen LogP contribution >= 0.6 is 0 Å². The Kier molecular flexibility index (Phi) is 4.49. The molecule has 6 heteroatoms. The molecule has 3 nitrogen and oxygen atoms in total. The quantitative estimate of drug-likeness (QED) is 0.802. The molecule has 2 rings (SSSR count). The smallest absolute Gasteiger partial charge is 0.355 e. The summed E-state index contributed by atoms with van der Waals surface area (Å²) in [5, 5.41) is 0. The lowest BCUT2D eigenvalue weighted by atomic mass is 10.1. The molecule has 1 aromatic heterocycles. The average Bonchev–Trinajstić information content (AvgIpc) is 2.46. The van der Waals surface area contributed by atoms with Crippen LogP contribution in [0.2, 0.25) is 0 Å². The zero-order chi connectivity index (χ0) is 16.3. The van der Waals surface area contributed by atoms with Gasteiger partial charge in [0.25, 0.3) is 0 Å². The first-order valence-corrected chi connectivity index (χ1v) is 6.62. The molecule has 0 atom stereocenters. The second-order valence-electron chi connectivity index (χ2n) is 4.98. The number of halogens is 3. The van der Waals surface area contributed by atoms with E-state index in [2.05, 4.69) is 4.98 Å². The molecule has 0 bridgehead atoms. The number of anilines is 1. The summed E-state index contributed by atoms with van der Waals surface area (Å²) >= 11 is 0. The molecule has 22 heavy (non-hydrogen) atoms. The molecule has 0 saturated carbocycles. The SMILES string of the molecule is CC(=O)c1cccnc1N(C)Cc1cccc(C(F)(F)F)c1. The van der Waals surface area contributed by atoms with Gasteiger partial charge in [0, 0.05) is 19.8 Å². The number of nitrogens with zero attached hydrogens (tertiary/aromatic N) is 2. The van der Waals surface area contributed by atoms with Gasteiger partial charge in [-0.2, -0.15) is 13.2 Å². The molecule has 0 spiro atoms. The van der Waals surface area contributed by atoms with Crippen LogP contribution in [-0.2, 0) is 12.7 Å². The van der Waals surface area contributed by atoms with Gasteiger partial charge in [-0.1, -0.05) is 12.1 Å². The standard InChI is InChI=1S/C16H15F3N2O/c1-11(22)14-7-4-8-20-15(14)21(2)10-12-5-3-6-13(9-12)16(17,18)19/h3-9H,10H2,1-2H3. The minimum atomic E-state index is -4.37. The van der Waals surface area contributed by atoms with E-state index in [0.717, 1.165) is 12.1 Å². The predicted molar refractivity (Wildman–Crippen MR) is 77.8 cm³/mol. The van der Waals surface area contributed by atoms with E-state index >= 15 is 0 Å². The highest BCUT2D eigenvalue weighted by Crippen LogP contribution is 2.30. The second kappa shape index (κ2) is 6.17. The maximum Gasteiger partial charge on any atom is 0.416 e. The van der Waals surface area contributed by atoms with Crippen molar-refractivity contribution >= 4 is 11.6 Å². The third-order valence-electron chi connectivity index (χ3n) is 3.20. The number of pyridine rings is 1. The number of hydrogen-bond acceptors (Lipinski definition) is 3.